The van der Waals surface area contributed by atoms with Crippen LogP contribution in [0.5, 0.6) is 5.75 Å². The van der Waals surface area contributed by atoms with Crippen LogP contribution >= 0.6 is 11.6 Å². The summed E-state index contributed by atoms with van der Waals surface area (Å²) < 4.78 is 9.65. The molecular weight excluding hydrogens is 204 g/mol. The van der Waals surface area contributed by atoms with Crippen LogP contribution in [-0.4, -0.2) is 20.2 Å². The fourth-order valence-corrected chi connectivity index (χ4v) is 1.31. The summed E-state index contributed by atoms with van der Waals surface area (Å²) in [4.78, 5) is 11.2. The number of benzene rings is 1. The molecule has 0 amide bonds. The zero-order valence-electron chi connectivity index (χ0n) is 8.26. The lowest BCUT2D eigenvalue weighted by Gasteiger charge is -2.08. The van der Waals surface area contributed by atoms with Crippen molar-refractivity contribution in [2.45, 2.75) is 6.92 Å². The van der Waals surface area contributed by atoms with Crippen molar-refractivity contribution in [3.8, 4) is 5.75 Å². The maximum Gasteiger partial charge on any atom is 0.338 e. The van der Waals surface area contributed by atoms with Crippen molar-refractivity contribution in [1.29, 1.82) is 0 Å². The molecule has 0 radical (unpaired) electrons. The van der Waals surface area contributed by atoms with Gasteiger partial charge < -0.3 is 9.47 Å². The smallest absolute Gasteiger partial charge is 0.338 e. The Kier molecular flexibility index (Phi) is 3.36. The first-order valence-corrected chi connectivity index (χ1v) is 4.40. The van der Waals surface area contributed by atoms with Crippen LogP contribution in [0.2, 0.25) is 5.02 Å². The second-order valence-corrected chi connectivity index (χ2v) is 3.18. The van der Waals surface area contributed by atoms with E-state index in [0.29, 0.717) is 16.3 Å². The summed E-state index contributed by atoms with van der Waals surface area (Å²) in [7, 11) is 2.85. The van der Waals surface area contributed by atoms with Gasteiger partial charge in [-0.05, 0) is 19.1 Å². The second kappa shape index (κ2) is 4.33. The maximum absolute atomic E-state index is 11.2. The molecule has 4 heteroatoms. The number of carbonyl (C=O) groups excluding carboxylic acids is 1. The monoisotopic (exact) mass is 214 g/mol. The van der Waals surface area contributed by atoms with Gasteiger partial charge in [-0.25, -0.2) is 4.79 Å². The lowest BCUT2D eigenvalue weighted by Crippen LogP contribution is -2.02. The Morgan fingerprint density at radius 1 is 1.36 bits per heavy atom. The number of methoxy groups -OCH3 is 2. The first-order chi connectivity index (χ1) is 6.60. The molecule has 14 heavy (non-hydrogen) atoms. The van der Waals surface area contributed by atoms with Crippen LogP contribution < -0.4 is 4.74 Å². The Labute approximate surface area is 87.6 Å². The molecule has 0 spiro atoms. The normalized spacial score (nSPS) is 9.71. The second-order valence-electron chi connectivity index (χ2n) is 2.78. The molecule has 0 aliphatic heterocycles. The summed E-state index contributed by atoms with van der Waals surface area (Å²) in [5, 5.41) is 0.491. The Morgan fingerprint density at radius 3 is 2.50 bits per heavy atom. The molecule has 1 rings (SSSR count). The average molecular weight is 215 g/mol. The summed E-state index contributed by atoms with van der Waals surface area (Å²) in [6.07, 6.45) is 0. The van der Waals surface area contributed by atoms with Crippen LogP contribution in [0.3, 0.4) is 0 Å². The number of rotatable bonds is 2. The van der Waals surface area contributed by atoms with Gasteiger partial charge in [-0.2, -0.15) is 0 Å². The fourth-order valence-electron chi connectivity index (χ4n) is 1.10. The Balaban J connectivity index is 3.22. The zero-order chi connectivity index (χ0) is 10.7. The van der Waals surface area contributed by atoms with E-state index in [1.165, 1.54) is 14.2 Å². The van der Waals surface area contributed by atoms with Gasteiger partial charge in [0.2, 0.25) is 0 Å². The van der Waals surface area contributed by atoms with Gasteiger partial charge in [-0.15, -0.1) is 0 Å². The van der Waals surface area contributed by atoms with Gasteiger partial charge in [0.05, 0.1) is 19.8 Å². The number of hydrogen-bond acceptors (Lipinski definition) is 3. The summed E-state index contributed by atoms with van der Waals surface area (Å²) >= 11 is 5.91. The van der Waals surface area contributed by atoms with Gasteiger partial charge in [-0.3, -0.25) is 0 Å². The van der Waals surface area contributed by atoms with Gasteiger partial charge in [0.1, 0.15) is 5.75 Å². The van der Waals surface area contributed by atoms with E-state index in [9.17, 15) is 4.79 Å². The minimum absolute atomic E-state index is 0.389. The molecule has 0 aliphatic rings. The third-order valence-electron chi connectivity index (χ3n) is 1.94. The van der Waals surface area contributed by atoms with E-state index in [4.69, 9.17) is 16.3 Å². The van der Waals surface area contributed by atoms with Crippen LogP contribution in [0.25, 0.3) is 0 Å². The van der Waals surface area contributed by atoms with E-state index in [1.807, 2.05) is 6.92 Å². The predicted molar refractivity (Wildman–Crippen MR) is 54.1 cm³/mol. The van der Waals surface area contributed by atoms with Crippen molar-refractivity contribution in [3.63, 3.8) is 0 Å². The van der Waals surface area contributed by atoms with Gasteiger partial charge in [-0.1, -0.05) is 11.6 Å². The number of carbonyl (C=O) groups is 1. The minimum atomic E-state index is -0.426. The molecule has 0 aliphatic carbocycles. The van der Waals surface area contributed by atoms with Gasteiger partial charge in [0.25, 0.3) is 0 Å². The number of halogens is 1. The first-order valence-electron chi connectivity index (χ1n) is 4.02. The molecule has 0 aromatic heterocycles. The van der Waals surface area contributed by atoms with E-state index >= 15 is 0 Å². The van der Waals surface area contributed by atoms with Crippen LogP contribution in [0.1, 0.15) is 15.9 Å². The summed E-state index contributed by atoms with van der Waals surface area (Å²) in [5.74, 6) is 0.156. The van der Waals surface area contributed by atoms with Crippen molar-refractivity contribution >= 4 is 17.6 Å². The molecular formula is C10H11ClO3. The average Bonchev–Trinajstić information content (AvgIpc) is 2.20. The van der Waals surface area contributed by atoms with Crippen molar-refractivity contribution in [2.75, 3.05) is 14.2 Å². The van der Waals surface area contributed by atoms with E-state index in [1.54, 1.807) is 12.1 Å². The molecule has 0 bridgehead atoms. The standard InChI is InChI=1S/C10H11ClO3/c1-6-8(11)4-7(10(12)14-3)5-9(6)13-2/h4-5H,1-3H3. The van der Waals surface area contributed by atoms with Crippen LogP contribution in [-0.2, 0) is 4.74 Å². The highest BCUT2D eigenvalue weighted by Gasteiger charge is 2.11. The van der Waals surface area contributed by atoms with Gasteiger partial charge >= 0.3 is 5.97 Å². The quantitative estimate of drug-likeness (QED) is 0.710. The first kappa shape index (κ1) is 10.9. The molecule has 0 N–H and O–H groups in total. The van der Waals surface area contributed by atoms with Crippen molar-refractivity contribution in [1.82, 2.24) is 0 Å². The lowest BCUT2D eigenvalue weighted by molar-refractivity contribution is 0.0600. The van der Waals surface area contributed by atoms with E-state index in [2.05, 4.69) is 4.74 Å². The number of ether oxygens (including phenoxy) is 2. The van der Waals surface area contributed by atoms with Crippen molar-refractivity contribution < 1.29 is 14.3 Å². The Bertz CT molecular complexity index is 361. The van der Waals surface area contributed by atoms with Crippen LogP contribution in [0.4, 0.5) is 0 Å². The van der Waals surface area contributed by atoms with E-state index in [0.717, 1.165) is 5.56 Å². The molecule has 0 heterocycles. The molecule has 3 nitrogen and oxygen atoms in total. The van der Waals surface area contributed by atoms with E-state index in [-0.39, 0.29) is 0 Å². The zero-order valence-corrected chi connectivity index (χ0v) is 9.01. The SMILES string of the molecule is COC(=O)c1cc(Cl)c(C)c(OC)c1. The molecule has 76 valence electrons. The number of esters is 1. The van der Waals surface area contributed by atoms with Crippen LogP contribution in [0, 0.1) is 6.92 Å². The maximum atomic E-state index is 11.2. The molecule has 0 saturated heterocycles. The largest absolute Gasteiger partial charge is 0.496 e. The molecule has 1 aromatic rings. The van der Waals surface area contributed by atoms with Gasteiger partial charge in [0.15, 0.2) is 0 Å². The summed E-state index contributed by atoms with van der Waals surface area (Å²) in [5.41, 5.74) is 1.20. The summed E-state index contributed by atoms with van der Waals surface area (Å²) in [6.45, 7) is 1.82. The Hall–Kier alpha value is -1.22. The van der Waals surface area contributed by atoms with E-state index < -0.39 is 5.97 Å². The highest BCUT2D eigenvalue weighted by Crippen LogP contribution is 2.27. The lowest BCUT2D eigenvalue weighted by atomic mass is 10.1. The highest BCUT2D eigenvalue weighted by molar-refractivity contribution is 6.31. The summed E-state index contributed by atoms with van der Waals surface area (Å²) in [6, 6.07) is 3.16. The molecule has 0 saturated carbocycles. The molecule has 0 atom stereocenters. The van der Waals surface area contributed by atoms with Gasteiger partial charge in [0, 0.05) is 10.6 Å². The predicted octanol–water partition coefficient (Wildman–Crippen LogP) is 2.44. The highest BCUT2D eigenvalue weighted by atomic mass is 35.5. The van der Waals surface area contributed by atoms with Crippen molar-refractivity contribution in [2.24, 2.45) is 0 Å². The third kappa shape index (κ3) is 1.99. The molecule has 0 fully saturated rings. The number of hydrogen-bond donors (Lipinski definition) is 0. The Morgan fingerprint density at radius 2 is 2.00 bits per heavy atom. The topological polar surface area (TPSA) is 35.5 Å². The fraction of sp³-hybridized carbons (Fsp3) is 0.300. The van der Waals surface area contributed by atoms with Crippen LogP contribution in [0.15, 0.2) is 12.1 Å². The molecule has 1 aromatic carbocycles. The van der Waals surface area contributed by atoms with Crippen molar-refractivity contribution in [3.05, 3.63) is 28.3 Å². The molecule has 0 unspecified atom stereocenters. The minimum Gasteiger partial charge on any atom is -0.496 e. The third-order valence-corrected chi connectivity index (χ3v) is 2.33.